The average Bonchev–Trinajstić information content (AvgIpc) is 4.10. The van der Waals surface area contributed by atoms with E-state index in [0.717, 1.165) is 67.2 Å². The Balaban J connectivity index is 0.000000169. The second-order valence-electron chi connectivity index (χ2n) is 16.7. The third kappa shape index (κ3) is 14.2. The number of hydrogen-bond acceptors (Lipinski definition) is 15. The molecule has 18 heteroatoms. The summed E-state index contributed by atoms with van der Waals surface area (Å²) in [6.45, 7) is 12.5. The van der Waals surface area contributed by atoms with E-state index < -0.39 is 17.7 Å². The fourth-order valence-electron chi connectivity index (χ4n) is 7.07. The number of nitrogens with one attached hydrogen (secondary N) is 1. The molecule has 1 aliphatic rings. The number of amides is 3. The number of nitrogens with zero attached hydrogens (tertiary/aromatic N) is 8. The monoisotopic (exact) mass is 922 g/mol. The van der Waals surface area contributed by atoms with Gasteiger partial charge in [0.2, 0.25) is 17.8 Å². The van der Waals surface area contributed by atoms with E-state index >= 15 is 0 Å². The molecule has 0 saturated carbocycles. The molecule has 5 aromatic heterocycles. The van der Waals surface area contributed by atoms with E-state index in [-0.39, 0.29) is 17.1 Å². The number of piperidine rings is 1. The number of aromatic nitrogens is 6. The largest absolute Gasteiger partial charge is 0.497 e. The molecule has 0 bridgehead atoms. The fraction of sp³-hybridized carbons (Fsp3) is 0.300. The Bertz CT molecular complexity index is 2700. The first-order valence-corrected chi connectivity index (χ1v) is 22.3. The number of primary amides is 3. The second-order valence-corrected chi connectivity index (χ2v) is 16.7. The highest BCUT2D eigenvalue weighted by Crippen LogP contribution is 2.26. The lowest BCUT2D eigenvalue weighted by Crippen LogP contribution is -2.33. The zero-order valence-corrected chi connectivity index (χ0v) is 39.0. The van der Waals surface area contributed by atoms with Gasteiger partial charge in [0, 0.05) is 42.9 Å². The van der Waals surface area contributed by atoms with Crippen LogP contribution in [0.5, 0.6) is 5.75 Å². The Morgan fingerprint density at radius 3 is 1.81 bits per heavy atom. The van der Waals surface area contributed by atoms with Crippen LogP contribution < -0.4 is 37.1 Å². The molecule has 354 valence electrons. The Labute approximate surface area is 395 Å². The Kier molecular flexibility index (Phi) is 17.3. The molecular weight excluding hydrogens is 865 g/mol. The molecule has 2 aromatic carbocycles. The van der Waals surface area contributed by atoms with Crippen LogP contribution in [0.15, 0.2) is 119 Å². The molecule has 0 aliphatic carbocycles. The van der Waals surface area contributed by atoms with E-state index in [2.05, 4.69) is 67.7 Å². The number of carbonyl (C=O) groups excluding carboxylic acids is 3. The normalized spacial score (nSPS) is 12.1. The van der Waals surface area contributed by atoms with Crippen molar-refractivity contribution in [1.29, 1.82) is 0 Å². The van der Waals surface area contributed by atoms with Crippen molar-refractivity contribution in [3.63, 3.8) is 0 Å². The highest BCUT2D eigenvalue weighted by Gasteiger charge is 2.20. The molecule has 1 saturated heterocycles. The third-order valence-electron chi connectivity index (χ3n) is 10.3. The van der Waals surface area contributed by atoms with Gasteiger partial charge in [-0.25, -0.2) is 29.9 Å². The van der Waals surface area contributed by atoms with Crippen molar-refractivity contribution in [3.8, 4) is 39.5 Å². The third-order valence-corrected chi connectivity index (χ3v) is 10.3. The first kappa shape index (κ1) is 49.3. The van der Waals surface area contributed by atoms with Gasteiger partial charge in [-0.1, -0.05) is 58.0 Å². The summed E-state index contributed by atoms with van der Waals surface area (Å²) in [5.41, 5.74) is 21.4. The summed E-state index contributed by atoms with van der Waals surface area (Å²) in [7, 11) is 1.60. The number of furan rings is 2. The lowest BCUT2D eigenvalue weighted by molar-refractivity contribution is 0.0987. The number of anilines is 3. The van der Waals surface area contributed by atoms with Gasteiger partial charge in [0.15, 0.2) is 0 Å². The van der Waals surface area contributed by atoms with Crippen molar-refractivity contribution in [2.24, 2.45) is 29.0 Å². The summed E-state index contributed by atoms with van der Waals surface area (Å²) in [5.74, 6) is 2.12. The van der Waals surface area contributed by atoms with Crippen molar-refractivity contribution in [3.05, 3.63) is 133 Å². The summed E-state index contributed by atoms with van der Waals surface area (Å²) in [6, 6.07) is 27.3. The second kappa shape index (κ2) is 23.9. The molecule has 0 radical (unpaired) electrons. The van der Waals surface area contributed by atoms with Gasteiger partial charge in [-0.2, -0.15) is 0 Å². The van der Waals surface area contributed by atoms with Crippen LogP contribution in [0, 0.1) is 11.8 Å². The number of methoxy groups -OCH3 is 1. The zero-order chi connectivity index (χ0) is 48.6. The van der Waals surface area contributed by atoms with Crippen LogP contribution in [0.3, 0.4) is 0 Å². The number of benzene rings is 2. The minimum atomic E-state index is -0.617. The van der Waals surface area contributed by atoms with Crippen molar-refractivity contribution in [1.82, 2.24) is 29.9 Å². The summed E-state index contributed by atoms with van der Waals surface area (Å²) >= 11 is 0. The number of carbonyl (C=O) groups is 3. The number of rotatable bonds is 16. The van der Waals surface area contributed by atoms with Crippen LogP contribution >= 0.6 is 0 Å². The van der Waals surface area contributed by atoms with Crippen molar-refractivity contribution >= 4 is 35.6 Å². The topological polar surface area (TPSA) is 261 Å². The smallest absolute Gasteiger partial charge is 0.267 e. The van der Waals surface area contributed by atoms with E-state index in [1.807, 2.05) is 60.7 Å². The van der Waals surface area contributed by atoms with Crippen LogP contribution in [0.2, 0.25) is 0 Å². The van der Waals surface area contributed by atoms with Crippen LogP contribution in [0.4, 0.5) is 17.8 Å². The maximum atomic E-state index is 11.7. The summed E-state index contributed by atoms with van der Waals surface area (Å²) < 4.78 is 15.5. The summed E-state index contributed by atoms with van der Waals surface area (Å²) in [5, 5.41) is 3.03. The number of nitrogens with two attached hydrogens (primary N) is 3. The van der Waals surface area contributed by atoms with E-state index in [4.69, 9.17) is 35.8 Å². The van der Waals surface area contributed by atoms with E-state index in [0.29, 0.717) is 53.3 Å². The summed E-state index contributed by atoms with van der Waals surface area (Å²) in [4.78, 5) is 65.4. The molecule has 6 heterocycles. The summed E-state index contributed by atoms with van der Waals surface area (Å²) in [6.07, 6.45) is 8.20. The van der Waals surface area contributed by atoms with E-state index in [1.165, 1.54) is 6.42 Å². The average molecular weight is 923 g/mol. The van der Waals surface area contributed by atoms with Crippen LogP contribution in [0.1, 0.15) is 84.2 Å². The van der Waals surface area contributed by atoms with Gasteiger partial charge in [0.1, 0.15) is 28.6 Å². The highest BCUT2D eigenvalue weighted by molar-refractivity contribution is 5.93. The lowest BCUT2D eigenvalue weighted by Gasteiger charge is -2.27. The van der Waals surface area contributed by atoms with Gasteiger partial charge < -0.3 is 45.9 Å². The predicted octanol–water partition coefficient (Wildman–Crippen LogP) is 7.64. The van der Waals surface area contributed by atoms with E-state index in [9.17, 15) is 14.4 Å². The predicted molar refractivity (Wildman–Crippen MR) is 261 cm³/mol. The first-order chi connectivity index (χ1) is 32.8. The molecule has 0 unspecified atom stereocenters. The van der Waals surface area contributed by atoms with Crippen molar-refractivity contribution in [2.75, 3.05) is 48.4 Å². The highest BCUT2D eigenvalue weighted by atomic mass is 16.5. The Hall–Kier alpha value is -8.15. The van der Waals surface area contributed by atoms with Gasteiger partial charge in [-0.3, -0.25) is 14.4 Å². The number of hydrogen-bond donors (Lipinski definition) is 4. The SMILES string of the molecule is CC(C)CN(CC(C)C)c1nc(C(N)=O)cc(-c2ccccc2)n1.COc1ccc(-c2cc(C(N)=O)nc(NCc3ccco3)n2)cc1.NC(=O)c1cc(-c2ccoc2)nc(N2CCCCC2)n1. The van der Waals surface area contributed by atoms with Crippen LogP contribution in [-0.4, -0.2) is 80.9 Å². The van der Waals surface area contributed by atoms with Gasteiger partial charge in [0.25, 0.3) is 17.7 Å². The Morgan fingerprint density at radius 1 is 0.662 bits per heavy atom. The standard InChI is InChI=1S/C19H26N4O.C17H16N4O3.C14H16N4O2/c1-13(2)11-23(12-14(3)4)19-21-16(10-17(22-19)18(20)24)15-8-6-5-7-9-15;1-23-12-6-4-11(5-7-12)14-9-15(16(18)22)21-17(20-14)19-10-13-3-2-8-24-13;15-13(19)12-8-11(10-4-7-20-9-10)16-14(17-12)18-5-2-1-3-6-18/h5-10,13-14H,11-12H2,1-4H3,(H2,20,24);2-9H,10H2,1H3,(H2,18,22)(H,19,20,21);4,7-9H,1-3,5-6H2,(H2,15,19). The van der Waals surface area contributed by atoms with Gasteiger partial charge in [0.05, 0.1) is 49.5 Å². The molecule has 68 heavy (non-hydrogen) atoms. The van der Waals surface area contributed by atoms with Gasteiger partial charge in [-0.05, 0) is 91.8 Å². The molecule has 0 spiro atoms. The van der Waals surface area contributed by atoms with Crippen molar-refractivity contribution in [2.45, 2.75) is 53.5 Å². The molecule has 1 fully saturated rings. The maximum Gasteiger partial charge on any atom is 0.267 e. The molecule has 8 rings (SSSR count). The minimum absolute atomic E-state index is 0.137. The van der Waals surface area contributed by atoms with Crippen LogP contribution in [-0.2, 0) is 6.54 Å². The van der Waals surface area contributed by atoms with E-state index in [1.54, 1.807) is 56.2 Å². The maximum absolute atomic E-state index is 11.7. The first-order valence-electron chi connectivity index (χ1n) is 22.3. The Morgan fingerprint density at radius 2 is 1.25 bits per heavy atom. The molecule has 7 aromatic rings. The number of ether oxygens (including phenoxy) is 1. The van der Waals surface area contributed by atoms with Crippen molar-refractivity contribution < 1.29 is 28.0 Å². The van der Waals surface area contributed by atoms with Gasteiger partial charge >= 0.3 is 0 Å². The molecular formula is C50H58N12O6. The molecule has 3 amide bonds. The van der Waals surface area contributed by atoms with Crippen LogP contribution in [0.25, 0.3) is 33.8 Å². The molecule has 1 aliphatic heterocycles. The molecule has 18 nitrogen and oxygen atoms in total. The quantitative estimate of drug-likeness (QED) is 0.0726. The minimum Gasteiger partial charge on any atom is -0.497 e. The van der Waals surface area contributed by atoms with Gasteiger partial charge in [-0.15, -0.1) is 0 Å². The fourth-order valence-corrected chi connectivity index (χ4v) is 7.07. The zero-order valence-electron chi connectivity index (χ0n) is 39.0. The lowest BCUT2D eigenvalue weighted by atomic mass is 10.1. The molecule has 0 atom stereocenters. The molecule has 7 N–H and O–H groups in total.